The first-order chi connectivity index (χ1) is 23.8. The molecule has 15 heteroatoms. The summed E-state index contributed by atoms with van der Waals surface area (Å²) < 4.78 is 50.3. The van der Waals surface area contributed by atoms with E-state index >= 15 is 0 Å². The summed E-state index contributed by atoms with van der Waals surface area (Å²) in [6.07, 6.45) is 3.23. The summed E-state index contributed by atoms with van der Waals surface area (Å²) in [7, 11) is 10.6. The first-order valence-electron chi connectivity index (χ1n) is 15.6. The smallest absolute Gasteiger partial charge is 0.216 e. The molecule has 0 saturated carbocycles. The van der Waals surface area contributed by atoms with Crippen LogP contribution in [-0.4, -0.2) is 144 Å². The molecule has 0 heterocycles. The Hall–Kier alpha value is -4.64. The van der Waals surface area contributed by atoms with Crippen molar-refractivity contribution in [3.8, 4) is 29.1 Å². The van der Waals surface area contributed by atoms with Crippen LogP contribution in [0.1, 0.15) is 5.56 Å². The SMILES string of the molecule is [C-]#[N+]c1cc(OCCOC)c(OCCOCCOCCOCCOc2cc(N=CN(C)C)c(C#N)cc2OCCOC)cc1N=CN(C)C. The van der Waals surface area contributed by atoms with Crippen molar-refractivity contribution >= 4 is 29.7 Å². The Balaban J connectivity index is 1.72. The predicted molar refractivity (Wildman–Crippen MR) is 186 cm³/mol. The average Bonchev–Trinajstić information content (AvgIpc) is 3.09. The lowest BCUT2D eigenvalue weighted by Crippen LogP contribution is -2.14. The van der Waals surface area contributed by atoms with Gasteiger partial charge in [-0.2, -0.15) is 5.26 Å². The molecule has 0 spiro atoms. The molecule has 0 saturated heterocycles. The minimum Gasteiger partial charge on any atom is -0.489 e. The molecule has 0 atom stereocenters. The van der Waals surface area contributed by atoms with E-state index in [0.29, 0.717) is 112 Å². The molecule has 0 bridgehead atoms. The number of hydrogen-bond donors (Lipinski definition) is 0. The van der Waals surface area contributed by atoms with Gasteiger partial charge in [0.25, 0.3) is 0 Å². The monoisotopic (exact) mass is 684 g/mol. The maximum Gasteiger partial charge on any atom is 0.216 e. The molecule has 0 aliphatic carbocycles. The van der Waals surface area contributed by atoms with E-state index < -0.39 is 0 Å². The summed E-state index contributed by atoms with van der Waals surface area (Å²) in [6.45, 7) is 11.6. The number of hydrogen-bond acceptors (Lipinski definition) is 12. The van der Waals surface area contributed by atoms with Crippen LogP contribution in [0, 0.1) is 17.9 Å². The first-order valence-corrected chi connectivity index (χ1v) is 15.6. The molecule has 2 aromatic rings. The van der Waals surface area contributed by atoms with Crippen LogP contribution in [0.3, 0.4) is 0 Å². The van der Waals surface area contributed by atoms with Gasteiger partial charge in [-0.1, -0.05) is 0 Å². The number of ether oxygens (including phenoxy) is 9. The minimum absolute atomic E-state index is 0.260. The molecule has 0 fully saturated rings. The molecule has 0 aromatic heterocycles. The van der Waals surface area contributed by atoms with Crippen molar-refractivity contribution in [2.24, 2.45) is 9.98 Å². The Labute approximate surface area is 289 Å². The Morgan fingerprint density at radius 2 is 1.00 bits per heavy atom. The van der Waals surface area contributed by atoms with E-state index in [9.17, 15) is 5.26 Å². The standard InChI is InChI=1S/C34H48N6O9/c1-36-29-22-33(47-17-9-42-7)34(23-30(29)38-26-40(4)5)49-19-15-45-13-11-43-10-12-44-14-18-48-32-21-28(37-25-39(2)3)27(24-35)20-31(32)46-16-8-41-6/h20-23,25-26H,8-19H2,2-7H3. The second-order valence-corrected chi connectivity index (χ2v) is 10.5. The van der Waals surface area contributed by atoms with E-state index in [1.807, 2.05) is 28.2 Å². The first kappa shape index (κ1) is 40.5. The van der Waals surface area contributed by atoms with Crippen LogP contribution in [0.25, 0.3) is 4.85 Å². The molecule has 0 N–H and O–H groups in total. The molecule has 2 rings (SSSR count). The van der Waals surface area contributed by atoms with Crippen molar-refractivity contribution in [1.29, 1.82) is 5.26 Å². The van der Waals surface area contributed by atoms with Gasteiger partial charge in [0.1, 0.15) is 32.5 Å². The van der Waals surface area contributed by atoms with Gasteiger partial charge in [0.2, 0.25) is 5.69 Å². The van der Waals surface area contributed by atoms with Crippen molar-refractivity contribution in [3.05, 3.63) is 41.2 Å². The van der Waals surface area contributed by atoms with Gasteiger partial charge in [-0.05, 0) is 12.1 Å². The van der Waals surface area contributed by atoms with Crippen LogP contribution in [0.5, 0.6) is 23.0 Å². The van der Waals surface area contributed by atoms with Crippen LogP contribution >= 0.6 is 0 Å². The van der Waals surface area contributed by atoms with Crippen LogP contribution in [0.4, 0.5) is 17.1 Å². The normalized spacial score (nSPS) is 11.0. The third-order valence-electron chi connectivity index (χ3n) is 6.00. The van der Waals surface area contributed by atoms with E-state index in [0.717, 1.165) is 0 Å². The highest BCUT2D eigenvalue weighted by molar-refractivity contribution is 5.76. The molecule has 2 aromatic carbocycles. The molecule has 268 valence electrons. The second kappa shape index (κ2) is 24.5. The summed E-state index contributed by atoms with van der Waals surface area (Å²) >= 11 is 0. The third kappa shape index (κ3) is 16.3. The van der Waals surface area contributed by atoms with E-state index in [2.05, 4.69) is 20.9 Å². The van der Waals surface area contributed by atoms with Crippen LogP contribution in [0.15, 0.2) is 34.3 Å². The molecule has 15 nitrogen and oxygen atoms in total. The topological polar surface area (TPSA) is 142 Å². The number of nitriles is 1. The molecule has 0 unspecified atom stereocenters. The number of benzene rings is 2. The van der Waals surface area contributed by atoms with Crippen molar-refractivity contribution in [2.45, 2.75) is 0 Å². The molecular weight excluding hydrogens is 636 g/mol. The maximum atomic E-state index is 9.57. The number of nitrogens with zero attached hydrogens (tertiary/aromatic N) is 6. The molecular formula is C34H48N6O9. The van der Waals surface area contributed by atoms with Crippen LogP contribution in [-0.2, 0) is 23.7 Å². The summed E-state index contributed by atoms with van der Waals surface area (Å²) in [6, 6.07) is 8.73. The Morgan fingerprint density at radius 3 is 1.43 bits per heavy atom. The molecule has 49 heavy (non-hydrogen) atoms. The van der Waals surface area contributed by atoms with Crippen molar-refractivity contribution in [2.75, 3.05) is 122 Å². The Bertz CT molecular complexity index is 1290. The third-order valence-corrected chi connectivity index (χ3v) is 6.00. The number of rotatable bonds is 26. The summed E-state index contributed by atoms with van der Waals surface area (Å²) in [4.78, 5) is 15.9. The zero-order valence-corrected chi connectivity index (χ0v) is 29.3. The zero-order chi connectivity index (χ0) is 35.7. The summed E-state index contributed by atoms with van der Waals surface area (Å²) in [5, 5.41) is 9.57. The summed E-state index contributed by atoms with van der Waals surface area (Å²) in [5.41, 5.74) is 1.67. The molecule has 0 aliphatic rings. The quantitative estimate of drug-likeness (QED) is 0.0609. The van der Waals surface area contributed by atoms with E-state index in [4.69, 9.17) is 49.2 Å². The molecule has 0 aliphatic heterocycles. The predicted octanol–water partition coefficient (Wildman–Crippen LogP) is 4.11. The average molecular weight is 685 g/mol. The fraction of sp³-hybridized carbons (Fsp3) is 0.529. The van der Waals surface area contributed by atoms with E-state index in [1.54, 1.807) is 61.0 Å². The Kier molecular flexibility index (Phi) is 20.3. The van der Waals surface area contributed by atoms with Crippen molar-refractivity contribution < 1.29 is 42.6 Å². The minimum atomic E-state index is 0.260. The maximum absolute atomic E-state index is 9.57. The highest BCUT2D eigenvalue weighted by Gasteiger charge is 2.14. The van der Waals surface area contributed by atoms with Gasteiger partial charge in [0.15, 0.2) is 23.0 Å². The second-order valence-electron chi connectivity index (χ2n) is 10.5. The van der Waals surface area contributed by atoms with Crippen molar-refractivity contribution in [1.82, 2.24) is 9.80 Å². The molecule has 0 amide bonds. The number of methoxy groups -OCH3 is 2. The van der Waals surface area contributed by atoms with Gasteiger partial charge in [0, 0.05) is 54.5 Å². The van der Waals surface area contributed by atoms with Gasteiger partial charge in [-0.25, -0.2) is 9.84 Å². The van der Waals surface area contributed by atoms with E-state index in [1.165, 1.54) is 0 Å². The Morgan fingerprint density at radius 1 is 0.612 bits per heavy atom. The van der Waals surface area contributed by atoms with Gasteiger partial charge >= 0.3 is 0 Å². The lowest BCUT2D eigenvalue weighted by Gasteiger charge is -2.15. The van der Waals surface area contributed by atoms with Gasteiger partial charge in [-0.15, -0.1) is 0 Å². The fourth-order valence-corrected chi connectivity index (χ4v) is 3.72. The molecule has 0 radical (unpaired) electrons. The van der Waals surface area contributed by atoms with Gasteiger partial charge in [0.05, 0.1) is 89.0 Å². The lowest BCUT2D eigenvalue weighted by atomic mass is 10.1. The van der Waals surface area contributed by atoms with Gasteiger partial charge in [-0.3, -0.25) is 4.99 Å². The van der Waals surface area contributed by atoms with Crippen LogP contribution in [0.2, 0.25) is 0 Å². The van der Waals surface area contributed by atoms with Crippen molar-refractivity contribution in [3.63, 3.8) is 0 Å². The largest absolute Gasteiger partial charge is 0.489 e. The number of aliphatic imine (C=N–C) groups is 2. The summed E-state index contributed by atoms with van der Waals surface area (Å²) in [5.74, 6) is 1.78. The fourth-order valence-electron chi connectivity index (χ4n) is 3.72. The zero-order valence-electron chi connectivity index (χ0n) is 29.3. The highest BCUT2D eigenvalue weighted by Crippen LogP contribution is 2.40. The lowest BCUT2D eigenvalue weighted by molar-refractivity contribution is 0.00470. The highest BCUT2D eigenvalue weighted by atomic mass is 16.6. The van der Waals surface area contributed by atoms with Gasteiger partial charge < -0.3 is 52.4 Å². The van der Waals surface area contributed by atoms with Crippen LogP contribution < -0.4 is 18.9 Å². The van der Waals surface area contributed by atoms with E-state index in [-0.39, 0.29) is 13.2 Å².